The molecule has 0 bridgehead atoms. The Bertz CT molecular complexity index is 945. The van der Waals surface area contributed by atoms with Crippen molar-refractivity contribution in [3.8, 4) is 0 Å². The molecular weight excluding hydrogens is 384 g/mol. The minimum atomic E-state index is 0.431. The summed E-state index contributed by atoms with van der Waals surface area (Å²) in [4.78, 5) is 9.80. The molecule has 0 aliphatic heterocycles. The first-order valence-electron chi connectivity index (χ1n) is 9.12. The zero-order valence-corrected chi connectivity index (χ0v) is 17.6. The van der Waals surface area contributed by atoms with Crippen LogP contribution in [0, 0.1) is 0 Å². The van der Waals surface area contributed by atoms with E-state index in [0.717, 1.165) is 32.5 Å². The predicted octanol–water partition coefficient (Wildman–Crippen LogP) is 7.38. The van der Waals surface area contributed by atoms with E-state index in [1.165, 1.54) is 11.1 Å². The Morgan fingerprint density at radius 1 is 0.885 bits per heavy atom. The van der Waals surface area contributed by atoms with Gasteiger partial charge in [0.1, 0.15) is 4.60 Å². The first-order valence-corrected chi connectivity index (χ1v) is 9.91. The van der Waals surface area contributed by atoms with E-state index in [1.807, 2.05) is 6.07 Å². The molecule has 0 spiro atoms. The van der Waals surface area contributed by atoms with Crippen molar-refractivity contribution in [1.82, 2.24) is 4.98 Å². The van der Waals surface area contributed by atoms with Gasteiger partial charge >= 0.3 is 0 Å². The summed E-state index contributed by atoms with van der Waals surface area (Å²) in [7, 11) is 0. The molecule has 0 atom stereocenters. The lowest BCUT2D eigenvalue weighted by Gasteiger charge is -2.17. The van der Waals surface area contributed by atoms with Crippen molar-refractivity contribution in [2.24, 2.45) is 4.99 Å². The zero-order chi connectivity index (χ0) is 18.8. The van der Waals surface area contributed by atoms with Crippen LogP contribution in [0.1, 0.15) is 63.1 Å². The van der Waals surface area contributed by atoms with Gasteiger partial charge in [-0.15, -0.1) is 0 Å². The molecule has 0 aliphatic rings. The molecule has 0 unspecified atom stereocenters. The van der Waals surface area contributed by atoms with E-state index in [-0.39, 0.29) is 0 Å². The standard InChI is InChI=1S/C23H25BrN2/c1-14(2)18-9-7-10-19(15(3)4)23(18)25-16(5)20-11-6-8-17-12-13-21(24)26-22(17)20/h6-15H,1-5H3. The molecule has 3 heteroatoms. The van der Waals surface area contributed by atoms with Gasteiger partial charge in [0.05, 0.1) is 11.2 Å². The van der Waals surface area contributed by atoms with Crippen LogP contribution in [0.3, 0.4) is 0 Å². The largest absolute Gasteiger partial charge is 0.252 e. The number of pyridine rings is 1. The van der Waals surface area contributed by atoms with Crippen LogP contribution in [0.5, 0.6) is 0 Å². The molecule has 3 aromatic rings. The summed E-state index contributed by atoms with van der Waals surface area (Å²) in [5, 5.41) is 1.13. The number of halogens is 1. The second kappa shape index (κ2) is 7.71. The fraction of sp³-hybridized carbons (Fsp3) is 0.304. The number of fused-ring (bicyclic) bond motifs is 1. The number of rotatable bonds is 4. The number of hydrogen-bond donors (Lipinski definition) is 0. The first kappa shape index (κ1) is 18.8. The number of nitrogens with zero attached hydrogens (tertiary/aromatic N) is 2. The van der Waals surface area contributed by atoms with Gasteiger partial charge in [0.25, 0.3) is 0 Å². The molecule has 0 radical (unpaired) electrons. The van der Waals surface area contributed by atoms with Gasteiger partial charge < -0.3 is 0 Å². The van der Waals surface area contributed by atoms with Gasteiger partial charge in [0, 0.05) is 16.7 Å². The molecule has 0 saturated heterocycles. The number of benzene rings is 2. The molecule has 0 fully saturated rings. The maximum atomic E-state index is 5.11. The SMILES string of the molecule is CC(=Nc1c(C(C)C)cccc1C(C)C)c1cccc2ccc(Br)nc12. The Morgan fingerprint density at radius 2 is 1.50 bits per heavy atom. The summed E-state index contributed by atoms with van der Waals surface area (Å²) >= 11 is 3.49. The van der Waals surface area contributed by atoms with Gasteiger partial charge in [-0.1, -0.05) is 70.2 Å². The highest BCUT2D eigenvalue weighted by molar-refractivity contribution is 9.10. The quantitative estimate of drug-likeness (QED) is 0.326. The molecule has 0 saturated carbocycles. The monoisotopic (exact) mass is 408 g/mol. The highest BCUT2D eigenvalue weighted by Crippen LogP contribution is 2.35. The maximum Gasteiger partial charge on any atom is 0.106 e. The van der Waals surface area contributed by atoms with E-state index in [2.05, 4.69) is 98.0 Å². The molecule has 1 heterocycles. The summed E-state index contributed by atoms with van der Waals surface area (Å²) in [6.07, 6.45) is 0. The van der Waals surface area contributed by atoms with Gasteiger partial charge in [0.15, 0.2) is 0 Å². The average molecular weight is 409 g/mol. The van der Waals surface area contributed by atoms with Crippen molar-refractivity contribution in [2.75, 3.05) is 0 Å². The van der Waals surface area contributed by atoms with Crippen LogP contribution in [0.4, 0.5) is 5.69 Å². The lowest BCUT2D eigenvalue weighted by Crippen LogP contribution is -2.01. The van der Waals surface area contributed by atoms with Crippen LogP contribution in [-0.4, -0.2) is 10.7 Å². The molecule has 2 nitrogen and oxygen atoms in total. The third kappa shape index (κ3) is 3.73. The second-order valence-electron chi connectivity index (χ2n) is 7.30. The number of hydrogen-bond acceptors (Lipinski definition) is 2. The fourth-order valence-corrected chi connectivity index (χ4v) is 3.59. The molecule has 0 aliphatic carbocycles. The van der Waals surface area contributed by atoms with Gasteiger partial charge in [-0.3, -0.25) is 4.99 Å². The highest BCUT2D eigenvalue weighted by atomic mass is 79.9. The van der Waals surface area contributed by atoms with Gasteiger partial charge in [-0.05, 0) is 51.9 Å². The molecule has 2 aromatic carbocycles. The molecule has 0 N–H and O–H groups in total. The van der Waals surface area contributed by atoms with Crippen molar-refractivity contribution in [3.63, 3.8) is 0 Å². The number of aromatic nitrogens is 1. The van der Waals surface area contributed by atoms with E-state index in [4.69, 9.17) is 4.99 Å². The molecule has 26 heavy (non-hydrogen) atoms. The van der Waals surface area contributed by atoms with Crippen LogP contribution in [0.25, 0.3) is 10.9 Å². The Hall–Kier alpha value is -2.00. The van der Waals surface area contributed by atoms with Gasteiger partial charge in [-0.2, -0.15) is 0 Å². The fourth-order valence-electron chi connectivity index (χ4n) is 3.28. The lowest BCUT2D eigenvalue weighted by atomic mass is 9.92. The summed E-state index contributed by atoms with van der Waals surface area (Å²) in [6, 6.07) is 16.9. The minimum absolute atomic E-state index is 0.431. The zero-order valence-electron chi connectivity index (χ0n) is 16.0. The Balaban J connectivity index is 2.22. The maximum absolute atomic E-state index is 5.11. The summed E-state index contributed by atoms with van der Waals surface area (Å²) in [5.41, 5.74) is 6.77. The Labute approximate surface area is 164 Å². The average Bonchev–Trinajstić information content (AvgIpc) is 2.60. The number of para-hydroxylation sites is 2. The molecular formula is C23H25BrN2. The third-order valence-electron chi connectivity index (χ3n) is 4.70. The van der Waals surface area contributed by atoms with Crippen molar-refractivity contribution in [3.05, 3.63) is 69.8 Å². The smallest absolute Gasteiger partial charge is 0.106 e. The molecule has 0 amide bonds. The van der Waals surface area contributed by atoms with Gasteiger partial charge in [-0.25, -0.2) is 4.98 Å². The van der Waals surface area contributed by atoms with Crippen LogP contribution in [-0.2, 0) is 0 Å². The van der Waals surface area contributed by atoms with E-state index in [0.29, 0.717) is 11.8 Å². The minimum Gasteiger partial charge on any atom is -0.252 e. The van der Waals surface area contributed by atoms with Crippen LogP contribution < -0.4 is 0 Å². The Kier molecular flexibility index (Phi) is 5.57. The Morgan fingerprint density at radius 3 is 2.12 bits per heavy atom. The van der Waals surface area contributed by atoms with Crippen molar-refractivity contribution in [1.29, 1.82) is 0 Å². The molecule has 3 rings (SSSR count). The number of aliphatic imine (C=N–C) groups is 1. The predicted molar refractivity (Wildman–Crippen MR) is 116 cm³/mol. The highest BCUT2D eigenvalue weighted by Gasteiger charge is 2.14. The van der Waals surface area contributed by atoms with Crippen molar-refractivity contribution < 1.29 is 0 Å². The van der Waals surface area contributed by atoms with Crippen molar-refractivity contribution in [2.45, 2.75) is 46.5 Å². The van der Waals surface area contributed by atoms with E-state index < -0.39 is 0 Å². The summed E-state index contributed by atoms with van der Waals surface area (Å²) in [5.74, 6) is 0.861. The van der Waals surface area contributed by atoms with Gasteiger partial charge in [0.2, 0.25) is 0 Å². The summed E-state index contributed by atoms with van der Waals surface area (Å²) in [6.45, 7) is 11.0. The van der Waals surface area contributed by atoms with Crippen molar-refractivity contribution >= 4 is 38.2 Å². The van der Waals surface area contributed by atoms with E-state index in [9.17, 15) is 0 Å². The lowest BCUT2D eigenvalue weighted by molar-refractivity contribution is 0.834. The third-order valence-corrected chi connectivity index (χ3v) is 5.14. The first-order chi connectivity index (χ1) is 12.4. The topological polar surface area (TPSA) is 25.2 Å². The summed E-state index contributed by atoms with van der Waals surface area (Å²) < 4.78 is 0.843. The van der Waals surface area contributed by atoms with E-state index in [1.54, 1.807) is 0 Å². The normalized spacial score (nSPS) is 12.4. The molecule has 134 valence electrons. The second-order valence-corrected chi connectivity index (χ2v) is 8.12. The molecule has 1 aromatic heterocycles. The van der Waals surface area contributed by atoms with Crippen LogP contribution in [0.2, 0.25) is 0 Å². The van der Waals surface area contributed by atoms with Crippen LogP contribution in [0.15, 0.2) is 58.1 Å². The van der Waals surface area contributed by atoms with E-state index >= 15 is 0 Å². The van der Waals surface area contributed by atoms with Crippen LogP contribution >= 0.6 is 15.9 Å².